The van der Waals surface area contributed by atoms with Gasteiger partial charge in [-0.25, -0.2) is 5.90 Å². The quantitative estimate of drug-likeness (QED) is 0.813. The predicted molar refractivity (Wildman–Crippen MR) is 51.8 cm³/mol. The van der Waals surface area contributed by atoms with E-state index in [2.05, 4.69) is 4.84 Å². The smallest absolute Gasteiger partial charge is 0.416 e. The summed E-state index contributed by atoms with van der Waals surface area (Å²) < 4.78 is 42.0. The molecule has 3 nitrogen and oxygen atoms in total. The second kappa shape index (κ2) is 5.18. The predicted octanol–water partition coefficient (Wildman–Crippen LogP) is 2.15. The molecule has 0 aliphatic carbocycles. The third-order valence-corrected chi connectivity index (χ3v) is 2.10. The minimum atomic E-state index is -4.36. The van der Waals surface area contributed by atoms with E-state index in [-0.39, 0.29) is 12.4 Å². The average Bonchev–Trinajstić information content (AvgIpc) is 2.24. The second-order valence-corrected chi connectivity index (χ2v) is 3.15. The maximum Gasteiger partial charge on any atom is 0.416 e. The molecule has 6 heteroatoms. The highest BCUT2D eigenvalue weighted by Gasteiger charge is 2.31. The summed E-state index contributed by atoms with van der Waals surface area (Å²) in [5.74, 6) is 5.03. The molecule has 0 saturated heterocycles. The van der Waals surface area contributed by atoms with Crippen LogP contribution in [-0.2, 0) is 17.4 Å². The van der Waals surface area contributed by atoms with Crippen molar-refractivity contribution in [2.75, 3.05) is 13.7 Å². The first-order chi connectivity index (χ1) is 7.49. The Balaban J connectivity index is 2.97. The lowest BCUT2D eigenvalue weighted by Gasteiger charge is -2.12. The van der Waals surface area contributed by atoms with Crippen LogP contribution in [0.1, 0.15) is 11.1 Å². The van der Waals surface area contributed by atoms with Crippen molar-refractivity contribution in [3.8, 4) is 5.75 Å². The largest absolute Gasteiger partial charge is 0.496 e. The molecule has 0 amide bonds. The maximum atomic E-state index is 12.4. The molecule has 2 N–H and O–H groups in total. The van der Waals surface area contributed by atoms with E-state index in [4.69, 9.17) is 10.6 Å². The van der Waals surface area contributed by atoms with Crippen molar-refractivity contribution in [1.82, 2.24) is 0 Å². The van der Waals surface area contributed by atoms with E-state index in [9.17, 15) is 13.2 Å². The molecule has 0 bridgehead atoms. The fraction of sp³-hybridized carbons (Fsp3) is 0.400. The summed E-state index contributed by atoms with van der Waals surface area (Å²) in [6, 6.07) is 3.33. The van der Waals surface area contributed by atoms with E-state index in [1.54, 1.807) is 0 Å². The molecule has 0 fully saturated rings. The van der Waals surface area contributed by atoms with Gasteiger partial charge in [-0.2, -0.15) is 13.2 Å². The van der Waals surface area contributed by atoms with Gasteiger partial charge in [0.05, 0.1) is 19.3 Å². The minimum absolute atomic E-state index is 0.187. The number of nitrogens with two attached hydrogens (primary N) is 1. The van der Waals surface area contributed by atoms with Crippen LogP contribution >= 0.6 is 0 Å². The standard InChI is InChI=1S/C10H12F3NO2/c1-15-9-6-8(10(11,12)13)3-2-7(9)4-5-16-14/h2-3,6H,4-5,14H2,1H3. The Morgan fingerprint density at radius 3 is 2.50 bits per heavy atom. The normalized spacial score (nSPS) is 11.6. The van der Waals surface area contributed by atoms with Crippen molar-refractivity contribution in [3.63, 3.8) is 0 Å². The van der Waals surface area contributed by atoms with Crippen molar-refractivity contribution in [2.45, 2.75) is 12.6 Å². The molecule has 0 saturated carbocycles. The fourth-order valence-electron chi connectivity index (χ4n) is 1.30. The van der Waals surface area contributed by atoms with Gasteiger partial charge in [0.1, 0.15) is 5.75 Å². The summed E-state index contributed by atoms with van der Waals surface area (Å²) in [5.41, 5.74) is -0.109. The van der Waals surface area contributed by atoms with Gasteiger partial charge in [0.15, 0.2) is 0 Å². The highest BCUT2D eigenvalue weighted by molar-refractivity contribution is 5.38. The van der Waals surface area contributed by atoms with Gasteiger partial charge >= 0.3 is 6.18 Å². The van der Waals surface area contributed by atoms with E-state index < -0.39 is 11.7 Å². The van der Waals surface area contributed by atoms with E-state index >= 15 is 0 Å². The zero-order valence-electron chi connectivity index (χ0n) is 8.67. The number of hydrogen-bond acceptors (Lipinski definition) is 3. The Bertz CT molecular complexity index is 352. The van der Waals surface area contributed by atoms with Crippen molar-refractivity contribution in [3.05, 3.63) is 29.3 Å². The van der Waals surface area contributed by atoms with Gasteiger partial charge in [-0.1, -0.05) is 6.07 Å². The topological polar surface area (TPSA) is 44.5 Å². The van der Waals surface area contributed by atoms with Gasteiger partial charge in [-0.05, 0) is 17.7 Å². The molecule has 0 radical (unpaired) electrons. The molecule has 0 spiro atoms. The van der Waals surface area contributed by atoms with Crippen LogP contribution in [0.3, 0.4) is 0 Å². The van der Waals surface area contributed by atoms with Crippen molar-refractivity contribution < 1.29 is 22.7 Å². The molecule has 0 aliphatic rings. The summed E-state index contributed by atoms with van der Waals surface area (Å²) in [7, 11) is 1.32. The molecule has 1 rings (SSSR count). The van der Waals surface area contributed by atoms with Crippen molar-refractivity contribution in [2.24, 2.45) is 5.90 Å². The van der Waals surface area contributed by atoms with E-state index in [0.29, 0.717) is 12.0 Å². The number of halogens is 3. The Labute approximate surface area is 90.9 Å². The van der Waals surface area contributed by atoms with Crippen LogP contribution in [0, 0.1) is 0 Å². The molecular weight excluding hydrogens is 223 g/mol. The highest BCUT2D eigenvalue weighted by atomic mass is 19.4. The molecule has 0 atom stereocenters. The number of benzene rings is 1. The summed E-state index contributed by atoms with van der Waals surface area (Å²) in [6.45, 7) is 0.224. The van der Waals surface area contributed by atoms with Gasteiger partial charge in [0.2, 0.25) is 0 Å². The zero-order chi connectivity index (χ0) is 12.2. The van der Waals surface area contributed by atoms with Crippen LogP contribution in [0.5, 0.6) is 5.75 Å². The Kier molecular flexibility index (Phi) is 4.14. The van der Waals surface area contributed by atoms with E-state index in [0.717, 1.165) is 12.1 Å². The van der Waals surface area contributed by atoms with Crippen LogP contribution in [0.25, 0.3) is 0 Å². The third kappa shape index (κ3) is 3.11. The molecule has 0 aliphatic heterocycles. The molecule has 1 aromatic carbocycles. The molecule has 1 aromatic rings. The first kappa shape index (κ1) is 12.8. The van der Waals surface area contributed by atoms with Gasteiger partial charge < -0.3 is 9.57 Å². The summed E-state index contributed by atoms with van der Waals surface area (Å²) in [6.07, 6.45) is -3.96. The van der Waals surface area contributed by atoms with Crippen LogP contribution < -0.4 is 10.6 Å². The summed E-state index contributed by atoms with van der Waals surface area (Å²) in [5, 5.41) is 0. The zero-order valence-corrected chi connectivity index (χ0v) is 8.67. The van der Waals surface area contributed by atoms with Crippen LogP contribution in [0.2, 0.25) is 0 Å². The van der Waals surface area contributed by atoms with Gasteiger partial charge in [-0.3, -0.25) is 0 Å². The first-order valence-corrected chi connectivity index (χ1v) is 4.55. The maximum absolute atomic E-state index is 12.4. The molecule has 0 aromatic heterocycles. The van der Waals surface area contributed by atoms with Gasteiger partial charge in [-0.15, -0.1) is 0 Å². The Morgan fingerprint density at radius 1 is 1.31 bits per heavy atom. The van der Waals surface area contributed by atoms with E-state index in [1.165, 1.54) is 13.2 Å². The van der Waals surface area contributed by atoms with Crippen LogP contribution in [0.4, 0.5) is 13.2 Å². The highest BCUT2D eigenvalue weighted by Crippen LogP contribution is 2.33. The monoisotopic (exact) mass is 235 g/mol. The number of alkyl halides is 3. The van der Waals surface area contributed by atoms with Gasteiger partial charge in [0.25, 0.3) is 0 Å². The fourth-order valence-corrected chi connectivity index (χ4v) is 1.30. The van der Waals surface area contributed by atoms with Crippen LogP contribution in [0.15, 0.2) is 18.2 Å². The van der Waals surface area contributed by atoms with Gasteiger partial charge in [0, 0.05) is 6.42 Å². The second-order valence-electron chi connectivity index (χ2n) is 3.15. The number of hydrogen-bond donors (Lipinski definition) is 1. The molecule has 0 heterocycles. The Hall–Kier alpha value is -1.27. The van der Waals surface area contributed by atoms with Crippen molar-refractivity contribution >= 4 is 0 Å². The molecule has 0 unspecified atom stereocenters. The number of ether oxygens (including phenoxy) is 1. The Morgan fingerprint density at radius 2 is 2.00 bits per heavy atom. The lowest BCUT2D eigenvalue weighted by atomic mass is 10.1. The van der Waals surface area contributed by atoms with Crippen LogP contribution in [-0.4, -0.2) is 13.7 Å². The SMILES string of the molecule is COc1cc(C(F)(F)F)ccc1CCON. The molecule has 90 valence electrons. The summed E-state index contributed by atoms with van der Waals surface area (Å²) >= 11 is 0. The lowest BCUT2D eigenvalue weighted by molar-refractivity contribution is -0.137. The number of rotatable bonds is 4. The number of methoxy groups -OCH3 is 1. The minimum Gasteiger partial charge on any atom is -0.496 e. The lowest BCUT2D eigenvalue weighted by Crippen LogP contribution is -2.08. The molecular formula is C10H12F3NO2. The van der Waals surface area contributed by atoms with E-state index in [1.807, 2.05) is 0 Å². The third-order valence-electron chi connectivity index (χ3n) is 2.10. The average molecular weight is 235 g/mol. The van der Waals surface area contributed by atoms with Crippen molar-refractivity contribution in [1.29, 1.82) is 0 Å². The first-order valence-electron chi connectivity index (χ1n) is 4.55. The molecule has 16 heavy (non-hydrogen) atoms. The summed E-state index contributed by atoms with van der Waals surface area (Å²) in [4.78, 5) is 4.36.